The van der Waals surface area contributed by atoms with Crippen molar-refractivity contribution >= 4 is 11.5 Å². The first kappa shape index (κ1) is 17.6. The molecule has 0 radical (unpaired) electrons. The fourth-order valence-electron chi connectivity index (χ4n) is 1.98. The number of allylic oxidation sites excluding steroid dienone is 1. The molecule has 1 rings (SSSR count). The summed E-state index contributed by atoms with van der Waals surface area (Å²) < 4.78 is 16.0. The predicted molar refractivity (Wildman–Crippen MR) is 87.6 cm³/mol. The third-order valence-corrected chi connectivity index (χ3v) is 3.41. The average molecular weight is 305 g/mol. The molecule has 0 bridgehead atoms. The minimum absolute atomic E-state index is 0.133. The Morgan fingerprint density at radius 1 is 1.14 bits per heavy atom. The number of nitrogens with one attached hydrogen (secondary N) is 1. The number of amides is 1. The van der Waals surface area contributed by atoms with Crippen LogP contribution in [0.15, 0.2) is 30.4 Å². The van der Waals surface area contributed by atoms with Crippen molar-refractivity contribution in [2.24, 2.45) is 0 Å². The number of hydrogen-bond donors (Lipinski definition) is 1. The van der Waals surface area contributed by atoms with Gasteiger partial charge >= 0.3 is 0 Å². The van der Waals surface area contributed by atoms with Gasteiger partial charge in [0.05, 0.1) is 21.3 Å². The summed E-state index contributed by atoms with van der Waals surface area (Å²) in [7, 11) is 4.67. The van der Waals surface area contributed by atoms with Crippen LogP contribution in [-0.4, -0.2) is 33.8 Å². The maximum atomic E-state index is 12.0. The van der Waals surface area contributed by atoms with Crippen LogP contribution in [0.3, 0.4) is 0 Å². The number of carbonyl (C=O) groups is 1. The summed E-state index contributed by atoms with van der Waals surface area (Å²) in [6.07, 6.45) is 1.64. The number of hydrogen-bond acceptors (Lipinski definition) is 4. The number of benzene rings is 1. The van der Waals surface area contributed by atoms with Crippen molar-refractivity contribution in [3.8, 4) is 17.2 Å². The Hall–Kier alpha value is -2.43. The molecule has 0 aromatic heterocycles. The number of rotatable bonds is 7. The summed E-state index contributed by atoms with van der Waals surface area (Å²) in [5.74, 6) is 1.49. The smallest absolute Gasteiger partial charge is 0.247 e. The second kappa shape index (κ2) is 8.12. The molecule has 5 nitrogen and oxygen atoms in total. The standard InChI is InChI=1S/C17H23NO4/c1-7-8-18-17(19)12(3)11(2)13-9-14(20-4)16(22-6)15(10-13)21-5/h7,9-10H,1,8H2,2-6H3,(H,18,19)/b12-11+. The van der Waals surface area contributed by atoms with Crippen LogP contribution < -0.4 is 19.5 Å². The maximum absolute atomic E-state index is 12.0. The molecule has 0 atom stereocenters. The van der Waals surface area contributed by atoms with Crippen molar-refractivity contribution in [1.82, 2.24) is 5.32 Å². The molecule has 0 fully saturated rings. The largest absolute Gasteiger partial charge is 0.493 e. The quantitative estimate of drug-likeness (QED) is 0.621. The molecule has 0 unspecified atom stereocenters. The lowest BCUT2D eigenvalue weighted by Crippen LogP contribution is -2.24. The molecule has 0 aliphatic rings. The molecule has 0 saturated heterocycles. The second-order valence-electron chi connectivity index (χ2n) is 4.66. The Bertz CT molecular complexity index is 565. The van der Waals surface area contributed by atoms with E-state index in [9.17, 15) is 4.79 Å². The highest BCUT2D eigenvalue weighted by Crippen LogP contribution is 2.40. The highest BCUT2D eigenvalue weighted by molar-refractivity contribution is 6.00. The van der Waals surface area contributed by atoms with Crippen LogP contribution in [0.4, 0.5) is 0 Å². The van der Waals surface area contributed by atoms with Gasteiger partial charge in [0, 0.05) is 12.1 Å². The minimum atomic E-state index is -0.133. The molecule has 1 N–H and O–H groups in total. The molecular formula is C17H23NO4. The van der Waals surface area contributed by atoms with E-state index >= 15 is 0 Å². The normalized spacial score (nSPS) is 11.3. The van der Waals surface area contributed by atoms with Crippen molar-refractivity contribution in [2.75, 3.05) is 27.9 Å². The first-order valence-electron chi connectivity index (χ1n) is 6.87. The fourth-order valence-corrected chi connectivity index (χ4v) is 1.98. The van der Waals surface area contributed by atoms with E-state index in [1.807, 2.05) is 19.1 Å². The van der Waals surface area contributed by atoms with Gasteiger partial charge in [-0.05, 0) is 37.1 Å². The molecular weight excluding hydrogens is 282 g/mol. The summed E-state index contributed by atoms with van der Waals surface area (Å²) in [6, 6.07) is 3.64. The summed E-state index contributed by atoms with van der Waals surface area (Å²) in [6.45, 7) is 7.66. The van der Waals surface area contributed by atoms with Crippen LogP contribution in [0.25, 0.3) is 5.57 Å². The molecule has 0 spiro atoms. The molecule has 120 valence electrons. The van der Waals surface area contributed by atoms with Gasteiger partial charge in [0.15, 0.2) is 11.5 Å². The molecule has 5 heteroatoms. The van der Waals surface area contributed by atoms with Gasteiger partial charge in [0.2, 0.25) is 11.7 Å². The molecule has 1 aromatic carbocycles. The van der Waals surface area contributed by atoms with Crippen LogP contribution in [0.5, 0.6) is 17.2 Å². The Kier molecular flexibility index (Phi) is 6.50. The molecule has 0 saturated carbocycles. The monoisotopic (exact) mass is 305 g/mol. The maximum Gasteiger partial charge on any atom is 0.247 e. The van der Waals surface area contributed by atoms with E-state index in [0.717, 1.165) is 11.1 Å². The van der Waals surface area contributed by atoms with E-state index < -0.39 is 0 Å². The topological polar surface area (TPSA) is 56.8 Å². The van der Waals surface area contributed by atoms with Gasteiger partial charge in [-0.25, -0.2) is 0 Å². The van der Waals surface area contributed by atoms with Crippen LogP contribution in [0.2, 0.25) is 0 Å². The van der Waals surface area contributed by atoms with Gasteiger partial charge in [-0.15, -0.1) is 6.58 Å². The van der Waals surface area contributed by atoms with E-state index in [1.165, 1.54) is 0 Å². The number of methoxy groups -OCH3 is 3. The Balaban J connectivity index is 3.30. The van der Waals surface area contributed by atoms with Crippen LogP contribution in [0, 0.1) is 0 Å². The van der Waals surface area contributed by atoms with Gasteiger partial charge < -0.3 is 19.5 Å². The first-order chi connectivity index (χ1) is 10.5. The molecule has 0 aliphatic carbocycles. The summed E-state index contributed by atoms with van der Waals surface area (Å²) >= 11 is 0. The van der Waals surface area contributed by atoms with Crippen molar-refractivity contribution < 1.29 is 19.0 Å². The van der Waals surface area contributed by atoms with Crippen molar-refractivity contribution in [3.05, 3.63) is 35.9 Å². The van der Waals surface area contributed by atoms with Gasteiger partial charge in [-0.3, -0.25) is 4.79 Å². The fraction of sp³-hybridized carbons (Fsp3) is 0.353. The van der Waals surface area contributed by atoms with E-state index in [0.29, 0.717) is 29.4 Å². The summed E-state index contributed by atoms with van der Waals surface area (Å²) in [5, 5.41) is 2.76. The highest BCUT2D eigenvalue weighted by atomic mass is 16.5. The van der Waals surface area contributed by atoms with Gasteiger partial charge in [-0.1, -0.05) is 6.08 Å². The molecule has 0 heterocycles. The van der Waals surface area contributed by atoms with Crippen LogP contribution >= 0.6 is 0 Å². The van der Waals surface area contributed by atoms with Crippen molar-refractivity contribution in [1.29, 1.82) is 0 Å². The third-order valence-electron chi connectivity index (χ3n) is 3.41. The molecule has 22 heavy (non-hydrogen) atoms. The lowest BCUT2D eigenvalue weighted by Gasteiger charge is -2.15. The van der Waals surface area contributed by atoms with E-state index in [2.05, 4.69) is 11.9 Å². The predicted octanol–water partition coefficient (Wildman–Crippen LogP) is 2.81. The molecule has 1 aromatic rings. The zero-order valence-corrected chi connectivity index (χ0v) is 13.8. The zero-order valence-electron chi connectivity index (χ0n) is 13.8. The second-order valence-corrected chi connectivity index (χ2v) is 4.66. The average Bonchev–Trinajstić information content (AvgIpc) is 2.56. The van der Waals surface area contributed by atoms with Gasteiger partial charge in [0.1, 0.15) is 0 Å². The van der Waals surface area contributed by atoms with E-state index in [4.69, 9.17) is 14.2 Å². The number of ether oxygens (including phenoxy) is 3. The number of carbonyl (C=O) groups excluding carboxylic acids is 1. The van der Waals surface area contributed by atoms with Crippen molar-refractivity contribution in [3.63, 3.8) is 0 Å². The van der Waals surface area contributed by atoms with E-state index in [1.54, 1.807) is 34.3 Å². The van der Waals surface area contributed by atoms with Crippen LogP contribution in [-0.2, 0) is 4.79 Å². The van der Waals surface area contributed by atoms with Crippen molar-refractivity contribution in [2.45, 2.75) is 13.8 Å². The van der Waals surface area contributed by atoms with Gasteiger partial charge in [0.25, 0.3) is 0 Å². The summed E-state index contributed by atoms with van der Waals surface area (Å²) in [5.41, 5.74) is 2.29. The van der Waals surface area contributed by atoms with Crippen LogP contribution in [0.1, 0.15) is 19.4 Å². The lowest BCUT2D eigenvalue weighted by molar-refractivity contribution is -0.117. The minimum Gasteiger partial charge on any atom is -0.493 e. The first-order valence-corrected chi connectivity index (χ1v) is 6.87. The molecule has 1 amide bonds. The Morgan fingerprint density at radius 2 is 1.68 bits per heavy atom. The Labute approximate surface area is 131 Å². The SMILES string of the molecule is C=CCNC(=O)/C(C)=C(\C)c1cc(OC)c(OC)c(OC)c1. The lowest BCUT2D eigenvalue weighted by atomic mass is 10.0. The van der Waals surface area contributed by atoms with Gasteiger partial charge in [-0.2, -0.15) is 0 Å². The highest BCUT2D eigenvalue weighted by Gasteiger charge is 2.16. The zero-order chi connectivity index (χ0) is 16.7. The van der Waals surface area contributed by atoms with E-state index in [-0.39, 0.29) is 5.91 Å². The molecule has 0 aliphatic heterocycles. The Morgan fingerprint density at radius 3 is 2.09 bits per heavy atom. The third kappa shape index (κ3) is 3.81. The summed E-state index contributed by atoms with van der Waals surface area (Å²) in [4.78, 5) is 12.0.